The second kappa shape index (κ2) is 6.39. The Morgan fingerprint density at radius 2 is 2.10 bits per heavy atom. The summed E-state index contributed by atoms with van der Waals surface area (Å²) in [4.78, 5) is 10.4. The van der Waals surface area contributed by atoms with Crippen molar-refractivity contribution in [2.75, 3.05) is 7.11 Å². The van der Waals surface area contributed by atoms with Crippen LogP contribution in [0.4, 0.5) is 5.69 Å². The monoisotopic (exact) mass is 284 g/mol. The third kappa shape index (κ3) is 3.48. The maximum Gasteiger partial charge on any atom is 0.311 e. The zero-order valence-corrected chi connectivity index (χ0v) is 11.3. The predicted octanol–water partition coefficient (Wildman–Crippen LogP) is 3.05. The van der Waals surface area contributed by atoms with Gasteiger partial charge in [-0.2, -0.15) is 5.26 Å². The van der Waals surface area contributed by atoms with Crippen molar-refractivity contribution in [1.82, 2.24) is 0 Å². The molecule has 0 saturated heterocycles. The van der Waals surface area contributed by atoms with Gasteiger partial charge in [0.15, 0.2) is 5.75 Å². The van der Waals surface area contributed by atoms with Crippen molar-refractivity contribution in [3.8, 4) is 17.6 Å². The van der Waals surface area contributed by atoms with Crippen LogP contribution in [0.1, 0.15) is 11.1 Å². The second-order valence-corrected chi connectivity index (χ2v) is 4.19. The Balaban J connectivity index is 2.15. The number of nitrogens with zero attached hydrogens (tertiary/aromatic N) is 2. The highest BCUT2D eigenvalue weighted by Gasteiger charge is 2.15. The molecule has 2 rings (SSSR count). The molecule has 0 atom stereocenters. The van der Waals surface area contributed by atoms with E-state index in [4.69, 9.17) is 14.7 Å². The summed E-state index contributed by atoms with van der Waals surface area (Å²) in [6, 6.07) is 13.4. The van der Waals surface area contributed by atoms with E-state index in [1.54, 1.807) is 30.3 Å². The predicted molar refractivity (Wildman–Crippen MR) is 75.1 cm³/mol. The van der Waals surface area contributed by atoms with Gasteiger partial charge in [0.05, 0.1) is 23.7 Å². The van der Waals surface area contributed by atoms with E-state index in [1.807, 2.05) is 6.07 Å². The number of nitriles is 1. The maximum atomic E-state index is 10.9. The molecule has 6 nitrogen and oxygen atoms in total. The molecule has 0 aliphatic rings. The van der Waals surface area contributed by atoms with Gasteiger partial charge in [0.2, 0.25) is 0 Å². The quantitative estimate of drug-likeness (QED) is 0.622. The largest absolute Gasteiger partial charge is 0.490 e. The molecule has 0 heterocycles. The van der Waals surface area contributed by atoms with Crippen LogP contribution in [0, 0.1) is 21.4 Å². The van der Waals surface area contributed by atoms with Crippen LogP contribution in [0.25, 0.3) is 0 Å². The van der Waals surface area contributed by atoms with Gasteiger partial charge in [-0.1, -0.05) is 12.1 Å². The lowest BCUT2D eigenvalue weighted by Gasteiger charge is -2.08. The van der Waals surface area contributed by atoms with Gasteiger partial charge in [0.25, 0.3) is 0 Å². The SMILES string of the molecule is COc1ccc(COc2cccc(C#N)c2)cc1[N+](=O)[O-]. The molecule has 21 heavy (non-hydrogen) atoms. The minimum Gasteiger partial charge on any atom is -0.490 e. The first kappa shape index (κ1) is 14.3. The fraction of sp³-hybridized carbons (Fsp3) is 0.133. The van der Waals surface area contributed by atoms with Gasteiger partial charge in [0, 0.05) is 6.07 Å². The Hall–Kier alpha value is -3.07. The Bertz CT molecular complexity index is 707. The summed E-state index contributed by atoms with van der Waals surface area (Å²) < 4.78 is 10.5. The van der Waals surface area contributed by atoms with Crippen LogP contribution in [0.5, 0.6) is 11.5 Å². The molecule has 0 aliphatic carbocycles. The number of rotatable bonds is 5. The first-order valence-corrected chi connectivity index (χ1v) is 6.08. The van der Waals surface area contributed by atoms with E-state index in [1.165, 1.54) is 19.2 Å². The zero-order valence-electron chi connectivity index (χ0n) is 11.3. The van der Waals surface area contributed by atoms with E-state index in [0.29, 0.717) is 16.9 Å². The topological polar surface area (TPSA) is 85.4 Å². The molecule has 2 aromatic rings. The summed E-state index contributed by atoms with van der Waals surface area (Å²) in [6.45, 7) is 0.166. The number of hydrogen-bond donors (Lipinski definition) is 0. The Morgan fingerprint density at radius 1 is 1.29 bits per heavy atom. The number of methoxy groups -OCH3 is 1. The fourth-order valence-electron chi connectivity index (χ4n) is 1.79. The van der Waals surface area contributed by atoms with Gasteiger partial charge in [-0.25, -0.2) is 0 Å². The average Bonchev–Trinajstić information content (AvgIpc) is 2.52. The van der Waals surface area contributed by atoms with E-state index in [2.05, 4.69) is 0 Å². The summed E-state index contributed by atoms with van der Waals surface area (Å²) >= 11 is 0. The van der Waals surface area contributed by atoms with E-state index in [-0.39, 0.29) is 18.0 Å². The van der Waals surface area contributed by atoms with Crippen LogP contribution in [0.15, 0.2) is 42.5 Å². The van der Waals surface area contributed by atoms with Crippen LogP contribution in [0.2, 0.25) is 0 Å². The normalized spacial score (nSPS) is 9.71. The standard InChI is InChI=1S/C15H12N2O4/c1-20-15-6-5-12(8-14(15)17(18)19)10-21-13-4-2-3-11(7-13)9-16/h2-8H,10H2,1H3. The van der Waals surface area contributed by atoms with Gasteiger partial charge in [0.1, 0.15) is 12.4 Å². The number of ether oxygens (including phenoxy) is 2. The molecule has 0 saturated carbocycles. The lowest BCUT2D eigenvalue weighted by molar-refractivity contribution is -0.385. The molecular formula is C15H12N2O4. The molecule has 0 radical (unpaired) electrons. The van der Waals surface area contributed by atoms with E-state index >= 15 is 0 Å². The third-order valence-corrected chi connectivity index (χ3v) is 2.81. The fourth-order valence-corrected chi connectivity index (χ4v) is 1.79. The average molecular weight is 284 g/mol. The molecule has 0 bridgehead atoms. The molecule has 0 unspecified atom stereocenters. The van der Waals surface area contributed by atoms with E-state index in [9.17, 15) is 10.1 Å². The highest BCUT2D eigenvalue weighted by Crippen LogP contribution is 2.28. The molecule has 0 N–H and O–H groups in total. The minimum atomic E-state index is -0.501. The van der Waals surface area contributed by atoms with Crippen LogP contribution >= 0.6 is 0 Å². The van der Waals surface area contributed by atoms with Crippen LogP contribution in [-0.4, -0.2) is 12.0 Å². The smallest absolute Gasteiger partial charge is 0.311 e. The molecule has 0 spiro atoms. The summed E-state index contributed by atoms with van der Waals surface area (Å²) in [5, 5.41) is 19.7. The highest BCUT2D eigenvalue weighted by atomic mass is 16.6. The zero-order chi connectivity index (χ0) is 15.2. The van der Waals surface area contributed by atoms with Crippen molar-refractivity contribution in [3.63, 3.8) is 0 Å². The van der Waals surface area contributed by atoms with Gasteiger partial charge >= 0.3 is 5.69 Å². The number of nitro benzene ring substituents is 1. The van der Waals surface area contributed by atoms with E-state index in [0.717, 1.165) is 0 Å². The Kier molecular flexibility index (Phi) is 4.36. The van der Waals surface area contributed by atoms with Crippen LogP contribution in [-0.2, 0) is 6.61 Å². The lowest BCUT2D eigenvalue weighted by atomic mass is 10.2. The molecular weight excluding hydrogens is 272 g/mol. The second-order valence-electron chi connectivity index (χ2n) is 4.19. The number of hydrogen-bond acceptors (Lipinski definition) is 5. The Morgan fingerprint density at radius 3 is 2.76 bits per heavy atom. The molecule has 0 amide bonds. The minimum absolute atomic E-state index is 0.107. The molecule has 0 fully saturated rings. The Labute approximate surface area is 121 Å². The number of nitro groups is 1. The summed E-state index contributed by atoms with van der Waals surface area (Å²) in [5.74, 6) is 0.739. The molecule has 0 aliphatic heterocycles. The van der Waals surface area contributed by atoms with E-state index < -0.39 is 4.92 Å². The van der Waals surface area contributed by atoms with Crippen molar-refractivity contribution in [3.05, 3.63) is 63.7 Å². The molecule has 106 valence electrons. The maximum absolute atomic E-state index is 10.9. The van der Waals surface area contributed by atoms with Crippen molar-refractivity contribution in [2.45, 2.75) is 6.61 Å². The molecule has 0 aromatic heterocycles. The highest BCUT2D eigenvalue weighted by molar-refractivity contribution is 5.48. The molecule has 6 heteroatoms. The third-order valence-electron chi connectivity index (χ3n) is 2.81. The first-order valence-electron chi connectivity index (χ1n) is 6.08. The van der Waals surface area contributed by atoms with Gasteiger partial charge in [-0.05, 0) is 29.8 Å². The van der Waals surface area contributed by atoms with Gasteiger partial charge in [-0.3, -0.25) is 10.1 Å². The first-order chi connectivity index (χ1) is 10.1. The number of benzene rings is 2. The van der Waals surface area contributed by atoms with Crippen molar-refractivity contribution < 1.29 is 14.4 Å². The molecule has 2 aromatic carbocycles. The van der Waals surface area contributed by atoms with Gasteiger partial charge < -0.3 is 9.47 Å². The summed E-state index contributed by atoms with van der Waals surface area (Å²) in [5.41, 5.74) is 1.03. The van der Waals surface area contributed by atoms with Gasteiger partial charge in [-0.15, -0.1) is 0 Å². The van der Waals surface area contributed by atoms with Crippen LogP contribution in [0.3, 0.4) is 0 Å². The van der Waals surface area contributed by atoms with Crippen molar-refractivity contribution in [1.29, 1.82) is 5.26 Å². The lowest BCUT2D eigenvalue weighted by Crippen LogP contribution is -1.99. The summed E-state index contributed by atoms with van der Waals surface area (Å²) in [7, 11) is 1.38. The van der Waals surface area contributed by atoms with Crippen molar-refractivity contribution in [2.24, 2.45) is 0 Å². The van der Waals surface area contributed by atoms with Crippen molar-refractivity contribution >= 4 is 5.69 Å². The summed E-state index contributed by atoms with van der Waals surface area (Å²) in [6.07, 6.45) is 0. The van der Waals surface area contributed by atoms with Crippen LogP contribution < -0.4 is 9.47 Å².